The van der Waals surface area contributed by atoms with Crippen LogP contribution in [0, 0.1) is 0 Å². The van der Waals surface area contributed by atoms with Crippen molar-refractivity contribution in [3.05, 3.63) is 41.7 Å². The average molecular weight is 436 g/mol. The topological polar surface area (TPSA) is 78.2 Å². The van der Waals surface area contributed by atoms with Gasteiger partial charge < -0.3 is 19.1 Å². The molecule has 31 heavy (non-hydrogen) atoms. The summed E-state index contributed by atoms with van der Waals surface area (Å²) in [5, 5.41) is 3.91. The molecule has 2 aromatic heterocycles. The average Bonchev–Trinajstić information content (AvgIpc) is 3.21. The zero-order valence-electron chi connectivity index (χ0n) is 16.8. The van der Waals surface area contributed by atoms with Gasteiger partial charge in [-0.3, -0.25) is 4.79 Å². The molecule has 0 bridgehead atoms. The van der Waals surface area contributed by atoms with Gasteiger partial charge in [0.05, 0.1) is 33.1 Å². The highest BCUT2D eigenvalue weighted by Crippen LogP contribution is 2.35. The first-order valence-corrected chi connectivity index (χ1v) is 9.39. The molecule has 1 aliphatic rings. The van der Waals surface area contributed by atoms with E-state index in [1.165, 1.54) is 31.3 Å². The number of aromatic nitrogens is 3. The number of alkyl halides is 3. The Balaban J connectivity index is 1.82. The Hall–Kier alpha value is -3.34. The van der Waals surface area contributed by atoms with Crippen LogP contribution in [0.15, 0.2) is 30.3 Å². The minimum Gasteiger partial charge on any atom is -0.493 e. The van der Waals surface area contributed by atoms with Crippen LogP contribution in [0.25, 0.3) is 16.9 Å². The molecule has 0 atom stereocenters. The Bertz CT molecular complexity index is 1120. The number of rotatable bonds is 4. The van der Waals surface area contributed by atoms with E-state index in [4.69, 9.17) is 14.2 Å². The normalized spacial score (nSPS) is 14.7. The van der Waals surface area contributed by atoms with Crippen LogP contribution in [0.2, 0.25) is 0 Å². The molecule has 11 heteroatoms. The van der Waals surface area contributed by atoms with E-state index in [0.717, 1.165) is 6.07 Å². The molecule has 0 unspecified atom stereocenters. The van der Waals surface area contributed by atoms with Gasteiger partial charge in [-0.2, -0.15) is 18.3 Å². The Morgan fingerprint density at radius 3 is 2.42 bits per heavy atom. The largest absolute Gasteiger partial charge is 0.493 e. The van der Waals surface area contributed by atoms with Crippen molar-refractivity contribution in [2.45, 2.75) is 6.18 Å². The lowest BCUT2D eigenvalue weighted by Gasteiger charge is -2.25. The van der Waals surface area contributed by atoms with E-state index >= 15 is 0 Å². The number of hydrogen-bond donors (Lipinski definition) is 0. The Labute approximate surface area is 175 Å². The van der Waals surface area contributed by atoms with Crippen molar-refractivity contribution in [2.24, 2.45) is 0 Å². The molecule has 0 N–H and O–H groups in total. The maximum atomic E-state index is 13.8. The minimum absolute atomic E-state index is 0.0612. The van der Waals surface area contributed by atoms with Gasteiger partial charge in [-0.05, 0) is 24.3 Å². The number of hydrogen-bond acceptors (Lipinski definition) is 6. The van der Waals surface area contributed by atoms with E-state index in [0.29, 0.717) is 47.9 Å². The molecule has 0 saturated carbocycles. The van der Waals surface area contributed by atoms with Crippen LogP contribution in [0.1, 0.15) is 16.2 Å². The molecule has 0 spiro atoms. The van der Waals surface area contributed by atoms with E-state index in [9.17, 15) is 18.0 Å². The fourth-order valence-corrected chi connectivity index (χ4v) is 3.35. The Kier molecular flexibility index (Phi) is 5.44. The first-order chi connectivity index (χ1) is 14.8. The number of ether oxygens (including phenoxy) is 3. The number of benzene rings is 1. The predicted octanol–water partition coefficient (Wildman–Crippen LogP) is 2.90. The first-order valence-electron chi connectivity index (χ1n) is 9.39. The van der Waals surface area contributed by atoms with Gasteiger partial charge in [-0.1, -0.05) is 0 Å². The molecule has 1 aliphatic heterocycles. The van der Waals surface area contributed by atoms with Gasteiger partial charge in [0, 0.05) is 24.7 Å². The zero-order chi connectivity index (χ0) is 22.2. The monoisotopic (exact) mass is 436 g/mol. The van der Waals surface area contributed by atoms with Crippen LogP contribution in [0.3, 0.4) is 0 Å². The molecule has 1 amide bonds. The second kappa shape index (κ2) is 8.06. The van der Waals surface area contributed by atoms with Gasteiger partial charge in [-0.15, -0.1) is 0 Å². The summed E-state index contributed by atoms with van der Waals surface area (Å²) >= 11 is 0. The molecule has 8 nitrogen and oxygen atoms in total. The lowest BCUT2D eigenvalue weighted by molar-refractivity contribution is -0.142. The van der Waals surface area contributed by atoms with Gasteiger partial charge >= 0.3 is 6.18 Å². The van der Waals surface area contributed by atoms with Gasteiger partial charge in [0.1, 0.15) is 0 Å². The van der Waals surface area contributed by atoms with Crippen molar-refractivity contribution in [1.29, 1.82) is 0 Å². The number of carbonyl (C=O) groups excluding carboxylic acids is 1. The van der Waals surface area contributed by atoms with E-state index in [1.807, 2.05) is 0 Å². The van der Waals surface area contributed by atoms with Gasteiger partial charge in [0.2, 0.25) is 0 Å². The van der Waals surface area contributed by atoms with Crippen LogP contribution in [-0.4, -0.2) is 65.9 Å². The molecular weight excluding hydrogens is 417 g/mol. The van der Waals surface area contributed by atoms with E-state index < -0.39 is 17.8 Å². The van der Waals surface area contributed by atoms with Crippen molar-refractivity contribution in [2.75, 3.05) is 40.5 Å². The van der Waals surface area contributed by atoms with Crippen molar-refractivity contribution in [3.63, 3.8) is 0 Å². The predicted molar refractivity (Wildman–Crippen MR) is 103 cm³/mol. The van der Waals surface area contributed by atoms with Crippen molar-refractivity contribution in [1.82, 2.24) is 19.5 Å². The standard InChI is InChI=1S/C20H19F3N4O4/c1-29-15-4-3-12(9-16(15)30-2)13-10-17(20(21,22)23)27-18(24-13)11-14(25-27)19(28)26-5-7-31-8-6-26/h3-4,9-11H,5-8H2,1-2H3. The highest BCUT2D eigenvalue weighted by molar-refractivity contribution is 5.93. The fourth-order valence-electron chi connectivity index (χ4n) is 3.35. The summed E-state index contributed by atoms with van der Waals surface area (Å²) in [6.45, 7) is 1.44. The number of carbonyl (C=O) groups is 1. The highest BCUT2D eigenvalue weighted by atomic mass is 19.4. The minimum atomic E-state index is -4.71. The van der Waals surface area contributed by atoms with Gasteiger partial charge in [0.25, 0.3) is 5.91 Å². The van der Waals surface area contributed by atoms with Gasteiger partial charge in [0.15, 0.2) is 28.5 Å². The highest BCUT2D eigenvalue weighted by Gasteiger charge is 2.36. The maximum Gasteiger partial charge on any atom is 0.433 e. The van der Waals surface area contributed by atoms with Crippen LogP contribution in [0.5, 0.6) is 11.5 Å². The van der Waals surface area contributed by atoms with Crippen LogP contribution in [-0.2, 0) is 10.9 Å². The van der Waals surface area contributed by atoms with Crippen LogP contribution in [0.4, 0.5) is 13.2 Å². The molecule has 3 heterocycles. The summed E-state index contributed by atoms with van der Waals surface area (Å²) in [6.07, 6.45) is -4.71. The molecule has 0 radical (unpaired) electrons. The van der Waals surface area contributed by atoms with Crippen LogP contribution < -0.4 is 9.47 Å². The lowest BCUT2D eigenvalue weighted by Crippen LogP contribution is -2.40. The molecule has 164 valence electrons. The van der Waals surface area contributed by atoms with Gasteiger partial charge in [-0.25, -0.2) is 9.50 Å². The third-order valence-electron chi connectivity index (χ3n) is 4.91. The summed E-state index contributed by atoms with van der Waals surface area (Å²) in [6, 6.07) is 6.85. The van der Waals surface area contributed by atoms with E-state index in [-0.39, 0.29) is 17.0 Å². The molecule has 4 rings (SSSR count). The second-order valence-corrected chi connectivity index (χ2v) is 6.80. The summed E-state index contributed by atoms with van der Waals surface area (Å²) in [5.41, 5.74) is -0.775. The summed E-state index contributed by atoms with van der Waals surface area (Å²) in [7, 11) is 2.89. The number of halogens is 3. The molecule has 0 aliphatic carbocycles. The second-order valence-electron chi connectivity index (χ2n) is 6.80. The summed E-state index contributed by atoms with van der Waals surface area (Å²) in [5.74, 6) is 0.327. The third-order valence-corrected chi connectivity index (χ3v) is 4.91. The lowest BCUT2D eigenvalue weighted by atomic mass is 10.1. The summed E-state index contributed by atoms with van der Waals surface area (Å²) in [4.78, 5) is 18.5. The number of methoxy groups -OCH3 is 2. The molecule has 1 fully saturated rings. The zero-order valence-corrected chi connectivity index (χ0v) is 16.8. The molecule has 1 saturated heterocycles. The number of amides is 1. The summed E-state index contributed by atoms with van der Waals surface area (Å²) < 4.78 is 57.7. The smallest absolute Gasteiger partial charge is 0.433 e. The number of nitrogens with zero attached hydrogens (tertiary/aromatic N) is 4. The van der Waals surface area contributed by atoms with Crippen LogP contribution >= 0.6 is 0 Å². The fraction of sp³-hybridized carbons (Fsp3) is 0.350. The Morgan fingerprint density at radius 1 is 1.06 bits per heavy atom. The molecular formula is C20H19F3N4O4. The quantitative estimate of drug-likeness (QED) is 0.626. The van der Waals surface area contributed by atoms with E-state index in [2.05, 4.69) is 10.1 Å². The number of fused-ring (bicyclic) bond motifs is 1. The number of morpholine rings is 1. The van der Waals surface area contributed by atoms with Crippen molar-refractivity contribution in [3.8, 4) is 22.8 Å². The third kappa shape index (κ3) is 4.00. The Morgan fingerprint density at radius 2 is 1.77 bits per heavy atom. The van der Waals surface area contributed by atoms with Crippen molar-refractivity contribution >= 4 is 11.6 Å². The van der Waals surface area contributed by atoms with E-state index in [1.54, 1.807) is 12.1 Å². The first kappa shape index (κ1) is 20.9. The van der Waals surface area contributed by atoms with Crippen molar-refractivity contribution < 1.29 is 32.2 Å². The molecule has 1 aromatic carbocycles. The molecule has 3 aromatic rings. The SMILES string of the molecule is COc1ccc(-c2cc(C(F)(F)F)n3nc(C(=O)N4CCOCC4)cc3n2)cc1OC. The maximum absolute atomic E-state index is 13.8.